The van der Waals surface area contributed by atoms with E-state index in [4.69, 9.17) is 5.11 Å². The minimum atomic E-state index is -3.93. The molecule has 0 aliphatic heterocycles. The van der Waals surface area contributed by atoms with E-state index in [0.717, 1.165) is 11.3 Å². The Morgan fingerprint density at radius 2 is 2.21 bits per heavy atom. The number of nitrogens with one attached hydrogen (secondary N) is 1. The lowest BCUT2D eigenvalue weighted by Crippen LogP contribution is -2.42. The van der Waals surface area contributed by atoms with Crippen molar-refractivity contribution < 1.29 is 23.4 Å². The van der Waals surface area contributed by atoms with Gasteiger partial charge in [0.1, 0.15) is 9.77 Å². The molecule has 0 fully saturated rings. The predicted molar refractivity (Wildman–Crippen MR) is 75.5 cm³/mol. The highest BCUT2D eigenvalue weighted by atomic mass is 32.2. The Hall–Kier alpha value is -0.610. The third-order valence-electron chi connectivity index (χ3n) is 2.21. The summed E-state index contributed by atoms with van der Waals surface area (Å²) in [6.45, 7) is 1.34. The maximum atomic E-state index is 12.0. The molecule has 1 atom stereocenters. The van der Waals surface area contributed by atoms with E-state index >= 15 is 0 Å². The monoisotopic (exact) mass is 325 g/mol. The Kier molecular flexibility index (Phi) is 5.39. The molecule has 6 nitrogen and oxygen atoms in total. The van der Waals surface area contributed by atoms with E-state index in [0.29, 0.717) is 5.75 Å². The van der Waals surface area contributed by atoms with Crippen molar-refractivity contribution in [2.45, 2.75) is 17.4 Å². The van der Waals surface area contributed by atoms with Gasteiger partial charge >= 0.3 is 5.97 Å². The van der Waals surface area contributed by atoms with Gasteiger partial charge in [0.2, 0.25) is 10.0 Å². The second-order valence-corrected chi connectivity index (χ2v) is 7.69. The van der Waals surface area contributed by atoms with Crippen molar-refractivity contribution in [3.8, 4) is 0 Å². The number of carbonyl (C=O) groups is 1. The summed E-state index contributed by atoms with van der Waals surface area (Å²) in [5.41, 5.74) is -1.19. The summed E-state index contributed by atoms with van der Waals surface area (Å²) in [6, 6.07) is 1.24. The van der Waals surface area contributed by atoms with E-state index < -0.39 is 21.6 Å². The minimum absolute atomic E-state index is 0.176. The number of aromatic carboxylic acids is 1. The van der Waals surface area contributed by atoms with Crippen molar-refractivity contribution >= 4 is 39.1 Å². The van der Waals surface area contributed by atoms with Crippen molar-refractivity contribution in [1.29, 1.82) is 0 Å². The first-order valence-corrected chi connectivity index (χ1v) is 8.97. The number of sulfonamides is 1. The number of rotatable bonds is 7. The van der Waals surface area contributed by atoms with Crippen molar-refractivity contribution in [1.82, 2.24) is 4.72 Å². The number of hydrogen-bond donors (Lipinski definition) is 3. The lowest BCUT2D eigenvalue weighted by molar-refractivity contribution is 0.0698. The van der Waals surface area contributed by atoms with Crippen LogP contribution in [0.4, 0.5) is 0 Å². The molecule has 1 aromatic heterocycles. The lowest BCUT2D eigenvalue weighted by Gasteiger charge is -2.22. The summed E-state index contributed by atoms with van der Waals surface area (Å²) in [5.74, 6) is -0.920. The number of carboxylic acids is 1. The standard InChI is InChI=1S/C10H15NO5S3/c1-10(14,6-17-2)5-11-19(15,16)7-3-4-18-8(7)9(12)13/h3-4,11,14H,5-6H2,1-2H3,(H,12,13). The van der Waals surface area contributed by atoms with Crippen LogP contribution >= 0.6 is 23.1 Å². The molecule has 1 rings (SSSR count). The highest BCUT2D eigenvalue weighted by molar-refractivity contribution is 7.98. The molecule has 1 aromatic rings. The average molecular weight is 325 g/mol. The Morgan fingerprint density at radius 3 is 2.74 bits per heavy atom. The van der Waals surface area contributed by atoms with Crippen LogP contribution in [0, 0.1) is 0 Å². The van der Waals surface area contributed by atoms with Crippen LogP contribution < -0.4 is 4.72 Å². The van der Waals surface area contributed by atoms with Gasteiger partial charge in [-0.1, -0.05) is 0 Å². The molecule has 0 aliphatic rings. The summed E-state index contributed by atoms with van der Waals surface area (Å²) in [4.78, 5) is 10.4. The maximum absolute atomic E-state index is 12.0. The molecule has 1 unspecified atom stereocenters. The summed E-state index contributed by atoms with van der Waals surface area (Å²) >= 11 is 2.23. The molecule has 0 aliphatic carbocycles. The summed E-state index contributed by atoms with van der Waals surface area (Å²) < 4.78 is 26.2. The highest BCUT2D eigenvalue weighted by Crippen LogP contribution is 2.22. The van der Waals surface area contributed by atoms with E-state index in [2.05, 4.69) is 4.72 Å². The average Bonchev–Trinajstić information content (AvgIpc) is 2.76. The fourth-order valence-corrected chi connectivity index (χ4v) is 4.50. The van der Waals surface area contributed by atoms with Gasteiger partial charge in [-0.25, -0.2) is 17.9 Å². The lowest BCUT2D eigenvalue weighted by atomic mass is 10.1. The first-order chi connectivity index (χ1) is 8.69. The van der Waals surface area contributed by atoms with Gasteiger partial charge in [0.25, 0.3) is 0 Å². The molecule has 0 radical (unpaired) electrons. The topological polar surface area (TPSA) is 104 Å². The van der Waals surface area contributed by atoms with Crippen LogP contribution in [0.5, 0.6) is 0 Å². The van der Waals surface area contributed by atoms with Crippen molar-refractivity contribution in [3.05, 3.63) is 16.3 Å². The van der Waals surface area contributed by atoms with Gasteiger partial charge in [-0.05, 0) is 24.6 Å². The van der Waals surface area contributed by atoms with Crippen LogP contribution in [0.15, 0.2) is 16.3 Å². The van der Waals surface area contributed by atoms with Crippen LogP contribution in [0.2, 0.25) is 0 Å². The first kappa shape index (κ1) is 16.4. The van der Waals surface area contributed by atoms with E-state index in [1.165, 1.54) is 30.1 Å². The predicted octanol–water partition coefficient (Wildman–Crippen LogP) is 0.839. The second-order valence-electron chi connectivity index (χ2n) is 4.17. The van der Waals surface area contributed by atoms with Crippen LogP contribution in [-0.4, -0.2) is 48.8 Å². The van der Waals surface area contributed by atoms with Crippen molar-refractivity contribution in [2.24, 2.45) is 0 Å². The molecule has 0 saturated carbocycles. The number of thiophene rings is 1. The van der Waals surface area contributed by atoms with E-state index in [-0.39, 0.29) is 16.3 Å². The molecule has 0 aromatic carbocycles. The third-order valence-corrected chi connectivity index (χ3v) is 5.60. The van der Waals surface area contributed by atoms with Gasteiger partial charge in [-0.3, -0.25) is 0 Å². The number of thioether (sulfide) groups is 1. The molecule has 0 bridgehead atoms. The molecular formula is C10H15NO5S3. The maximum Gasteiger partial charge on any atom is 0.347 e. The van der Waals surface area contributed by atoms with E-state index in [9.17, 15) is 18.3 Å². The second kappa shape index (κ2) is 6.23. The molecule has 19 heavy (non-hydrogen) atoms. The Morgan fingerprint density at radius 1 is 1.58 bits per heavy atom. The van der Waals surface area contributed by atoms with Gasteiger partial charge in [-0.15, -0.1) is 11.3 Å². The molecule has 0 spiro atoms. The SMILES string of the molecule is CSCC(C)(O)CNS(=O)(=O)c1ccsc1C(=O)O. The van der Waals surface area contributed by atoms with Crippen LogP contribution in [0.25, 0.3) is 0 Å². The van der Waals surface area contributed by atoms with Gasteiger partial charge < -0.3 is 10.2 Å². The Bertz CT molecular complexity index is 549. The molecular weight excluding hydrogens is 310 g/mol. The molecule has 9 heteroatoms. The number of carboxylic acid groups (broad SMARTS) is 1. The zero-order valence-electron chi connectivity index (χ0n) is 10.4. The zero-order chi connectivity index (χ0) is 14.7. The molecule has 108 valence electrons. The van der Waals surface area contributed by atoms with Gasteiger partial charge in [0, 0.05) is 12.3 Å². The van der Waals surface area contributed by atoms with E-state index in [1.54, 1.807) is 6.26 Å². The third kappa shape index (κ3) is 4.46. The van der Waals surface area contributed by atoms with Gasteiger partial charge in [0.15, 0.2) is 0 Å². The number of aliphatic hydroxyl groups is 1. The van der Waals surface area contributed by atoms with Crippen molar-refractivity contribution in [2.75, 3.05) is 18.6 Å². The van der Waals surface area contributed by atoms with Crippen LogP contribution in [-0.2, 0) is 10.0 Å². The van der Waals surface area contributed by atoms with Crippen molar-refractivity contribution in [3.63, 3.8) is 0 Å². The zero-order valence-corrected chi connectivity index (χ0v) is 12.9. The quantitative estimate of drug-likeness (QED) is 0.686. The normalized spacial score (nSPS) is 15.1. The summed E-state index contributed by atoms with van der Waals surface area (Å²) in [6.07, 6.45) is 1.80. The Balaban J connectivity index is 2.88. The fourth-order valence-electron chi connectivity index (χ4n) is 1.36. The molecule has 0 amide bonds. The fraction of sp³-hybridized carbons (Fsp3) is 0.500. The summed E-state index contributed by atoms with van der Waals surface area (Å²) in [7, 11) is -3.93. The summed E-state index contributed by atoms with van der Waals surface area (Å²) in [5, 5.41) is 20.2. The van der Waals surface area contributed by atoms with Crippen LogP contribution in [0.1, 0.15) is 16.6 Å². The highest BCUT2D eigenvalue weighted by Gasteiger charge is 2.27. The minimum Gasteiger partial charge on any atom is -0.477 e. The molecule has 0 saturated heterocycles. The smallest absolute Gasteiger partial charge is 0.347 e. The first-order valence-electron chi connectivity index (χ1n) is 5.21. The Labute approximate surface area is 119 Å². The van der Waals surface area contributed by atoms with Crippen LogP contribution in [0.3, 0.4) is 0 Å². The molecule has 3 N–H and O–H groups in total. The van der Waals surface area contributed by atoms with Gasteiger partial charge in [0.05, 0.1) is 5.60 Å². The molecule has 1 heterocycles. The largest absolute Gasteiger partial charge is 0.477 e. The number of hydrogen-bond acceptors (Lipinski definition) is 6. The van der Waals surface area contributed by atoms with E-state index in [1.807, 2.05) is 0 Å². The van der Waals surface area contributed by atoms with Gasteiger partial charge in [-0.2, -0.15) is 11.8 Å².